The number of hydrogen-bond donors (Lipinski definition) is 0. The molecule has 1 heteroatoms. The van der Waals surface area contributed by atoms with Gasteiger partial charge in [-0.1, -0.05) is 39.0 Å². The van der Waals surface area contributed by atoms with Crippen LogP contribution < -0.4 is 0 Å². The number of hydrogen-bond acceptors (Lipinski definition) is 1. The van der Waals surface area contributed by atoms with Gasteiger partial charge >= 0.3 is 0 Å². The SMILES string of the molecule is CC1CCC(C2CC3OC(C2)C3C2CCCCC2)CC1. The molecule has 1 nitrogen and oxygen atoms in total. The molecule has 2 unspecified atom stereocenters. The molecule has 3 aliphatic carbocycles. The highest BCUT2D eigenvalue weighted by atomic mass is 16.5. The van der Waals surface area contributed by atoms with Crippen molar-refractivity contribution in [3.63, 3.8) is 0 Å². The van der Waals surface area contributed by atoms with Crippen LogP contribution in [0.5, 0.6) is 0 Å². The fourth-order valence-electron chi connectivity index (χ4n) is 5.94. The zero-order chi connectivity index (χ0) is 13.5. The molecular formula is C19H32O. The fourth-order valence-corrected chi connectivity index (χ4v) is 5.94. The van der Waals surface area contributed by atoms with Gasteiger partial charge < -0.3 is 4.74 Å². The van der Waals surface area contributed by atoms with Gasteiger partial charge in [0.2, 0.25) is 0 Å². The van der Waals surface area contributed by atoms with Crippen LogP contribution >= 0.6 is 0 Å². The van der Waals surface area contributed by atoms with E-state index in [9.17, 15) is 0 Å². The monoisotopic (exact) mass is 276 g/mol. The minimum atomic E-state index is 0.668. The van der Waals surface area contributed by atoms with Crippen molar-refractivity contribution in [3.8, 4) is 0 Å². The van der Waals surface area contributed by atoms with Crippen LogP contribution in [0.3, 0.4) is 0 Å². The Morgan fingerprint density at radius 3 is 1.95 bits per heavy atom. The fraction of sp³-hybridized carbons (Fsp3) is 1.00. The second kappa shape index (κ2) is 5.63. The van der Waals surface area contributed by atoms with Crippen molar-refractivity contribution in [2.75, 3.05) is 0 Å². The Morgan fingerprint density at radius 1 is 0.650 bits per heavy atom. The largest absolute Gasteiger partial charge is 0.374 e. The van der Waals surface area contributed by atoms with E-state index in [4.69, 9.17) is 4.74 Å². The summed E-state index contributed by atoms with van der Waals surface area (Å²) in [5.41, 5.74) is 0. The molecule has 2 heterocycles. The lowest BCUT2D eigenvalue weighted by Gasteiger charge is -2.57. The van der Waals surface area contributed by atoms with Gasteiger partial charge in [0.25, 0.3) is 0 Å². The Kier molecular flexibility index (Phi) is 3.83. The number of fused-ring (bicyclic) bond motifs is 2. The molecule has 0 aromatic rings. The molecule has 20 heavy (non-hydrogen) atoms. The second-order valence-electron chi connectivity index (χ2n) is 8.44. The lowest BCUT2D eigenvalue weighted by atomic mass is 9.60. The molecule has 5 aliphatic rings. The molecule has 2 aliphatic heterocycles. The van der Waals surface area contributed by atoms with E-state index in [2.05, 4.69) is 6.92 Å². The second-order valence-corrected chi connectivity index (χ2v) is 8.44. The lowest BCUT2D eigenvalue weighted by Crippen LogP contribution is -2.58. The van der Waals surface area contributed by atoms with E-state index >= 15 is 0 Å². The molecule has 3 saturated carbocycles. The van der Waals surface area contributed by atoms with Crippen molar-refractivity contribution in [3.05, 3.63) is 0 Å². The number of ether oxygens (including phenoxy) is 1. The van der Waals surface area contributed by atoms with Gasteiger partial charge in [0.15, 0.2) is 0 Å². The first-order valence-corrected chi connectivity index (χ1v) is 9.46. The average molecular weight is 276 g/mol. The number of rotatable bonds is 2. The summed E-state index contributed by atoms with van der Waals surface area (Å²) in [6.45, 7) is 2.44. The summed E-state index contributed by atoms with van der Waals surface area (Å²) in [7, 11) is 0. The first kappa shape index (κ1) is 13.6. The molecule has 2 bridgehead atoms. The summed E-state index contributed by atoms with van der Waals surface area (Å²) >= 11 is 0. The molecular weight excluding hydrogens is 244 g/mol. The van der Waals surface area contributed by atoms with Crippen LogP contribution in [0.4, 0.5) is 0 Å². The van der Waals surface area contributed by atoms with Crippen LogP contribution in [0.15, 0.2) is 0 Å². The molecule has 2 saturated heterocycles. The Balaban J connectivity index is 1.33. The molecule has 5 rings (SSSR count). The summed E-state index contributed by atoms with van der Waals surface area (Å²) in [5.74, 6) is 5.06. The van der Waals surface area contributed by atoms with Gasteiger partial charge in [-0.05, 0) is 62.2 Å². The van der Waals surface area contributed by atoms with Crippen molar-refractivity contribution >= 4 is 0 Å². The maximum atomic E-state index is 6.18. The molecule has 2 atom stereocenters. The molecule has 0 spiro atoms. The molecule has 0 N–H and O–H groups in total. The van der Waals surface area contributed by atoms with Gasteiger partial charge in [0.1, 0.15) is 0 Å². The standard InChI is InChI=1S/C19H32O/c1-13-7-9-14(10-8-13)16-11-17-19(18(12-16)20-17)15-5-3-2-4-6-15/h13-19H,2-12H2,1H3. The van der Waals surface area contributed by atoms with Gasteiger partial charge in [-0.2, -0.15) is 0 Å². The van der Waals surface area contributed by atoms with Crippen molar-refractivity contribution in [1.29, 1.82) is 0 Å². The Hall–Kier alpha value is -0.0400. The predicted octanol–water partition coefficient (Wildman–Crippen LogP) is 5.19. The van der Waals surface area contributed by atoms with E-state index in [1.165, 1.54) is 70.6 Å². The van der Waals surface area contributed by atoms with Crippen LogP contribution in [-0.2, 0) is 4.74 Å². The van der Waals surface area contributed by atoms with E-state index in [0.717, 1.165) is 29.6 Å². The van der Waals surface area contributed by atoms with Gasteiger partial charge in [-0.25, -0.2) is 0 Å². The quantitative estimate of drug-likeness (QED) is 0.674. The molecule has 0 aromatic carbocycles. The van der Waals surface area contributed by atoms with E-state index in [1.807, 2.05) is 0 Å². The third kappa shape index (κ3) is 2.45. The Bertz CT molecular complexity index is 313. The molecule has 5 fully saturated rings. The summed E-state index contributed by atoms with van der Waals surface area (Å²) in [6, 6.07) is 0. The van der Waals surface area contributed by atoms with Gasteiger partial charge in [-0.3, -0.25) is 0 Å². The highest BCUT2D eigenvalue weighted by Gasteiger charge is 2.52. The third-order valence-electron chi connectivity index (χ3n) is 7.20. The van der Waals surface area contributed by atoms with E-state index in [-0.39, 0.29) is 0 Å². The normalized spacial score (nSPS) is 49.6. The minimum Gasteiger partial charge on any atom is -0.374 e. The van der Waals surface area contributed by atoms with Gasteiger partial charge in [0.05, 0.1) is 12.2 Å². The lowest BCUT2D eigenvalue weighted by molar-refractivity contribution is -0.252. The first-order valence-electron chi connectivity index (χ1n) is 9.46. The zero-order valence-electron chi connectivity index (χ0n) is 13.2. The van der Waals surface area contributed by atoms with Gasteiger partial charge in [0, 0.05) is 5.92 Å². The van der Waals surface area contributed by atoms with E-state index in [1.54, 1.807) is 0 Å². The van der Waals surface area contributed by atoms with Crippen LogP contribution in [0, 0.1) is 29.6 Å². The Morgan fingerprint density at radius 2 is 1.30 bits per heavy atom. The third-order valence-corrected chi connectivity index (χ3v) is 7.20. The van der Waals surface area contributed by atoms with Crippen molar-refractivity contribution in [1.82, 2.24) is 0 Å². The van der Waals surface area contributed by atoms with Crippen LogP contribution in [0.1, 0.15) is 77.6 Å². The van der Waals surface area contributed by atoms with Crippen LogP contribution in [-0.4, -0.2) is 12.2 Å². The van der Waals surface area contributed by atoms with E-state index < -0.39 is 0 Å². The summed E-state index contributed by atoms with van der Waals surface area (Å²) in [4.78, 5) is 0. The average Bonchev–Trinajstić information content (AvgIpc) is 2.49. The molecule has 114 valence electrons. The predicted molar refractivity (Wildman–Crippen MR) is 82.6 cm³/mol. The smallest absolute Gasteiger partial charge is 0.0637 e. The summed E-state index contributed by atoms with van der Waals surface area (Å²) < 4.78 is 6.18. The first-order chi connectivity index (χ1) is 9.81. The highest BCUT2D eigenvalue weighted by Crippen LogP contribution is 2.53. The molecule has 0 amide bonds. The maximum Gasteiger partial charge on any atom is 0.0637 e. The zero-order valence-corrected chi connectivity index (χ0v) is 13.2. The van der Waals surface area contributed by atoms with Crippen molar-refractivity contribution < 1.29 is 4.74 Å². The van der Waals surface area contributed by atoms with E-state index in [0.29, 0.717) is 12.2 Å². The van der Waals surface area contributed by atoms with Crippen LogP contribution in [0.2, 0.25) is 0 Å². The van der Waals surface area contributed by atoms with Crippen LogP contribution in [0.25, 0.3) is 0 Å². The summed E-state index contributed by atoms with van der Waals surface area (Å²) in [6.07, 6.45) is 17.7. The highest BCUT2D eigenvalue weighted by molar-refractivity contribution is 5.01. The van der Waals surface area contributed by atoms with Crippen molar-refractivity contribution in [2.24, 2.45) is 29.6 Å². The topological polar surface area (TPSA) is 9.23 Å². The van der Waals surface area contributed by atoms with Crippen molar-refractivity contribution in [2.45, 2.75) is 89.8 Å². The minimum absolute atomic E-state index is 0.668. The maximum absolute atomic E-state index is 6.18. The summed E-state index contributed by atoms with van der Waals surface area (Å²) in [5, 5.41) is 0. The molecule has 0 radical (unpaired) electrons. The Labute approximate surface area is 124 Å². The molecule has 0 aromatic heterocycles. The van der Waals surface area contributed by atoms with Gasteiger partial charge in [-0.15, -0.1) is 0 Å².